The van der Waals surface area contributed by atoms with Crippen LogP contribution in [-0.4, -0.2) is 69.7 Å². The maximum atomic E-state index is 8.55. The van der Waals surface area contributed by atoms with Crippen molar-refractivity contribution in [1.82, 2.24) is 36.3 Å². The zero-order valence-electron chi connectivity index (χ0n) is 16.9. The average Bonchev–Trinajstić information content (AvgIpc) is 3.18. The minimum atomic E-state index is 0.473. The maximum absolute atomic E-state index is 8.55. The Bertz CT molecular complexity index is 655. The van der Waals surface area contributed by atoms with Gasteiger partial charge in [0.2, 0.25) is 11.9 Å². The van der Waals surface area contributed by atoms with Crippen molar-refractivity contribution >= 4 is 23.5 Å². The summed E-state index contributed by atoms with van der Waals surface area (Å²) in [6.07, 6.45) is 5.48. The average molecular weight is 420 g/mol. The van der Waals surface area contributed by atoms with Crippen LogP contribution in [0.4, 0.5) is 0 Å². The van der Waals surface area contributed by atoms with Crippen molar-refractivity contribution in [2.75, 3.05) is 53.4 Å². The molecule has 0 aromatic carbocycles. The highest BCUT2D eigenvalue weighted by Gasteiger charge is 2.02. The summed E-state index contributed by atoms with van der Waals surface area (Å²) in [6.45, 7) is 4.64. The monoisotopic (exact) mass is 419 g/mol. The Morgan fingerprint density at radius 1 is 0.897 bits per heavy atom. The van der Waals surface area contributed by atoms with Crippen LogP contribution in [0, 0.1) is 22.9 Å². The first-order chi connectivity index (χ1) is 14.2. The molecule has 0 aliphatic heterocycles. The number of guanidine groups is 2. The van der Waals surface area contributed by atoms with Gasteiger partial charge in [-0.3, -0.25) is 20.6 Å². The van der Waals surface area contributed by atoms with Gasteiger partial charge in [-0.2, -0.15) is 14.9 Å². The van der Waals surface area contributed by atoms with Crippen molar-refractivity contribution in [2.45, 2.75) is 12.8 Å². The molecule has 158 valence electrons. The van der Waals surface area contributed by atoms with E-state index < -0.39 is 0 Å². The van der Waals surface area contributed by atoms with Crippen LogP contribution in [0.25, 0.3) is 0 Å². The molecule has 0 aliphatic carbocycles. The Kier molecular flexibility index (Phi) is 13.4. The summed E-state index contributed by atoms with van der Waals surface area (Å²) < 4.78 is 4.50. The molecule has 1 heterocycles. The Hall–Kier alpha value is -2.93. The molecule has 0 amide bonds. The van der Waals surface area contributed by atoms with Crippen molar-refractivity contribution in [3.05, 3.63) is 16.6 Å². The van der Waals surface area contributed by atoms with Crippen LogP contribution in [0.15, 0.2) is 16.1 Å². The van der Waals surface area contributed by atoms with Gasteiger partial charge < -0.3 is 21.3 Å². The van der Waals surface area contributed by atoms with E-state index >= 15 is 0 Å². The highest BCUT2D eigenvalue weighted by molar-refractivity contribution is 7.05. The van der Waals surface area contributed by atoms with E-state index in [1.165, 1.54) is 4.88 Å². The molecule has 0 saturated heterocycles. The highest BCUT2D eigenvalue weighted by Crippen LogP contribution is 2.10. The molecule has 0 unspecified atom stereocenters. The lowest BCUT2D eigenvalue weighted by molar-refractivity contribution is 0.661. The van der Waals surface area contributed by atoms with Crippen LogP contribution >= 0.6 is 11.5 Å². The lowest BCUT2D eigenvalue weighted by atomic mass is 10.2. The molecule has 0 fully saturated rings. The third kappa shape index (κ3) is 11.5. The minimum absolute atomic E-state index is 0.473. The van der Waals surface area contributed by atoms with Gasteiger partial charge in [-0.25, -0.2) is 0 Å². The van der Waals surface area contributed by atoms with Crippen LogP contribution in [0.3, 0.4) is 0 Å². The van der Waals surface area contributed by atoms with Gasteiger partial charge in [0.25, 0.3) is 0 Å². The van der Waals surface area contributed by atoms with Crippen molar-refractivity contribution in [1.29, 1.82) is 10.5 Å². The normalized spacial score (nSPS) is 11.4. The summed E-state index contributed by atoms with van der Waals surface area (Å²) >= 11 is 1.54. The molecular formula is C17H29N11S. The van der Waals surface area contributed by atoms with Gasteiger partial charge in [0.05, 0.1) is 5.69 Å². The van der Waals surface area contributed by atoms with Crippen LogP contribution in [0.1, 0.15) is 10.6 Å². The van der Waals surface area contributed by atoms with E-state index in [2.05, 4.69) is 52.3 Å². The predicted octanol–water partition coefficient (Wildman–Crippen LogP) is -1.30. The Balaban J connectivity index is 2.07. The van der Waals surface area contributed by atoms with E-state index in [1.54, 1.807) is 25.6 Å². The molecule has 0 spiro atoms. The molecular weight excluding hydrogens is 390 g/mol. The van der Waals surface area contributed by atoms with Gasteiger partial charge in [0.1, 0.15) is 0 Å². The Morgan fingerprint density at radius 3 is 1.97 bits per heavy atom. The fraction of sp³-hybridized carbons (Fsp3) is 0.588. The Morgan fingerprint density at radius 2 is 1.45 bits per heavy atom. The van der Waals surface area contributed by atoms with Crippen LogP contribution < -0.4 is 31.9 Å². The number of nitrogens with one attached hydrogen (secondary N) is 6. The molecule has 11 nitrogen and oxygen atoms in total. The molecule has 0 radical (unpaired) electrons. The molecule has 12 heteroatoms. The lowest BCUT2D eigenvalue weighted by Gasteiger charge is -2.07. The summed E-state index contributed by atoms with van der Waals surface area (Å²) in [5, 5.41) is 34.8. The third-order valence-electron chi connectivity index (χ3n) is 3.70. The fourth-order valence-electron chi connectivity index (χ4n) is 2.27. The van der Waals surface area contributed by atoms with Crippen LogP contribution in [0.5, 0.6) is 0 Å². The topological polar surface area (TPSA) is 157 Å². The summed E-state index contributed by atoms with van der Waals surface area (Å²) in [4.78, 5) is 9.09. The van der Waals surface area contributed by atoms with E-state index in [1.807, 2.05) is 12.4 Å². The van der Waals surface area contributed by atoms with E-state index in [4.69, 9.17) is 10.5 Å². The first kappa shape index (κ1) is 24.1. The summed E-state index contributed by atoms with van der Waals surface area (Å²) in [5.41, 5.74) is 1.10. The molecule has 0 atom stereocenters. The zero-order valence-corrected chi connectivity index (χ0v) is 17.7. The van der Waals surface area contributed by atoms with Crippen molar-refractivity contribution in [3.8, 4) is 12.4 Å². The largest absolute Gasteiger partial charge is 0.354 e. The highest BCUT2D eigenvalue weighted by atomic mass is 32.1. The predicted molar refractivity (Wildman–Crippen MR) is 115 cm³/mol. The quantitative estimate of drug-likeness (QED) is 0.0796. The zero-order chi connectivity index (χ0) is 21.2. The molecule has 1 rings (SSSR count). The number of nitriles is 2. The molecule has 29 heavy (non-hydrogen) atoms. The van der Waals surface area contributed by atoms with Gasteiger partial charge in [-0.05, 0) is 24.0 Å². The minimum Gasteiger partial charge on any atom is -0.354 e. The van der Waals surface area contributed by atoms with Crippen LogP contribution in [0.2, 0.25) is 0 Å². The second-order valence-electron chi connectivity index (χ2n) is 5.76. The van der Waals surface area contributed by atoms with Gasteiger partial charge in [0, 0.05) is 64.7 Å². The lowest BCUT2D eigenvalue weighted by Crippen LogP contribution is -2.38. The number of rotatable bonds is 12. The molecule has 1 aromatic rings. The van der Waals surface area contributed by atoms with Crippen molar-refractivity contribution in [3.63, 3.8) is 0 Å². The van der Waals surface area contributed by atoms with Crippen molar-refractivity contribution in [2.24, 2.45) is 9.98 Å². The standard InChI is InChI=1S/C17H29N11S/c1-20-16(26-12-18)24-9-7-22-5-3-14-11-15(29-28-14)4-6-23-8-10-25-17(21-2)27-13-19/h11,22-23H,3-10H2,1-2H3,(H2,20,24,26)(H2,21,25,27). The molecule has 1 aromatic heterocycles. The summed E-state index contributed by atoms with van der Waals surface area (Å²) in [5.74, 6) is 0.948. The van der Waals surface area contributed by atoms with E-state index in [0.29, 0.717) is 25.0 Å². The first-order valence-electron chi connectivity index (χ1n) is 9.30. The second kappa shape index (κ2) is 16.1. The van der Waals surface area contributed by atoms with Gasteiger partial charge in [-0.1, -0.05) is 0 Å². The van der Waals surface area contributed by atoms with Gasteiger partial charge >= 0.3 is 0 Å². The van der Waals surface area contributed by atoms with Crippen LogP contribution in [-0.2, 0) is 12.8 Å². The number of hydrogen-bond donors (Lipinski definition) is 6. The van der Waals surface area contributed by atoms with Gasteiger partial charge in [-0.15, -0.1) is 0 Å². The van der Waals surface area contributed by atoms with E-state index in [-0.39, 0.29) is 0 Å². The van der Waals surface area contributed by atoms with Crippen molar-refractivity contribution < 1.29 is 0 Å². The number of aromatic nitrogens is 1. The van der Waals surface area contributed by atoms with Gasteiger partial charge in [0.15, 0.2) is 12.4 Å². The third-order valence-corrected chi connectivity index (χ3v) is 4.58. The molecule has 0 bridgehead atoms. The number of hydrogen-bond acceptors (Lipinski definition) is 8. The Labute approximate surface area is 175 Å². The smallest absolute Gasteiger partial charge is 0.204 e. The SMILES string of the molecule is CN=C(NC#N)NCCNCCc1cc(CCNCCNC(=NC)NC#N)sn1. The molecule has 6 N–H and O–H groups in total. The second-order valence-corrected chi connectivity index (χ2v) is 6.65. The molecule has 0 aliphatic rings. The number of nitrogens with zero attached hydrogens (tertiary/aromatic N) is 5. The summed E-state index contributed by atoms with van der Waals surface area (Å²) in [6, 6.07) is 2.15. The maximum Gasteiger partial charge on any atom is 0.204 e. The number of aliphatic imine (C=N–C) groups is 2. The first-order valence-corrected chi connectivity index (χ1v) is 10.1. The van der Waals surface area contributed by atoms with E-state index in [0.717, 1.165) is 44.7 Å². The van der Waals surface area contributed by atoms with E-state index in [9.17, 15) is 0 Å². The summed E-state index contributed by atoms with van der Waals surface area (Å²) in [7, 11) is 3.25. The fourth-order valence-corrected chi connectivity index (χ4v) is 3.03. The molecule has 0 saturated carbocycles.